The Kier molecular flexibility index (Phi) is 8.31. The minimum Gasteiger partial charge on any atom is -0.457 e. The first-order chi connectivity index (χ1) is 22.9. The van der Waals surface area contributed by atoms with Crippen molar-refractivity contribution in [3.63, 3.8) is 0 Å². The Morgan fingerprint density at radius 3 is 2.36 bits per heavy atom. The van der Waals surface area contributed by atoms with E-state index in [0.29, 0.717) is 35.3 Å². The third-order valence-corrected chi connectivity index (χ3v) is 9.20. The molecule has 2 aliphatic heterocycles. The molecule has 10 heteroatoms. The van der Waals surface area contributed by atoms with Crippen LogP contribution in [0.1, 0.15) is 40.7 Å². The topological polar surface area (TPSA) is 129 Å². The average Bonchev–Trinajstić information content (AvgIpc) is 3.36. The first-order valence-electron chi connectivity index (χ1n) is 16.0. The minimum atomic E-state index is -0.530. The fourth-order valence-electron chi connectivity index (χ4n) is 6.61. The molecule has 0 atom stereocenters. The lowest BCUT2D eigenvalue weighted by Gasteiger charge is -2.33. The molecule has 10 nitrogen and oxygen atoms in total. The van der Waals surface area contributed by atoms with Crippen molar-refractivity contribution in [2.24, 2.45) is 11.7 Å². The molecule has 7 rings (SSSR count). The molecule has 4 aromatic carbocycles. The fourth-order valence-corrected chi connectivity index (χ4v) is 6.61. The van der Waals surface area contributed by atoms with Crippen molar-refractivity contribution in [2.75, 3.05) is 23.3 Å². The van der Waals surface area contributed by atoms with Crippen molar-refractivity contribution in [2.45, 2.75) is 38.6 Å². The number of nitrogens with one attached hydrogen (secondary N) is 1. The van der Waals surface area contributed by atoms with E-state index in [4.69, 9.17) is 15.6 Å². The van der Waals surface area contributed by atoms with E-state index in [1.54, 1.807) is 12.1 Å². The molecular weight excluding hydrogens is 592 g/mol. The first kappa shape index (κ1) is 30.0. The smallest absolute Gasteiger partial charge is 0.269 e. The van der Waals surface area contributed by atoms with E-state index in [2.05, 4.69) is 28.4 Å². The number of ether oxygens (including phenoxy) is 1. The number of carbonyl (C=O) groups is 1. The second kappa shape index (κ2) is 13.0. The highest BCUT2D eigenvalue weighted by Crippen LogP contribution is 2.36. The van der Waals surface area contributed by atoms with E-state index in [1.165, 1.54) is 11.1 Å². The summed E-state index contributed by atoms with van der Waals surface area (Å²) < 4.78 is 7.78. The summed E-state index contributed by atoms with van der Waals surface area (Å²) >= 11 is 0. The van der Waals surface area contributed by atoms with Gasteiger partial charge in [-0.25, -0.2) is 4.68 Å². The quantitative estimate of drug-likeness (QED) is 0.128. The molecule has 0 spiro atoms. The van der Waals surface area contributed by atoms with Crippen molar-refractivity contribution < 1.29 is 14.5 Å². The average molecular weight is 629 g/mol. The maximum absolute atomic E-state index is 12.8. The van der Waals surface area contributed by atoms with Crippen LogP contribution in [-0.2, 0) is 19.4 Å². The van der Waals surface area contributed by atoms with E-state index in [0.717, 1.165) is 67.9 Å². The number of non-ortho nitro benzene ring substituents is 1. The highest BCUT2D eigenvalue weighted by molar-refractivity contribution is 6.04. The van der Waals surface area contributed by atoms with Crippen molar-refractivity contribution in [3.05, 3.63) is 124 Å². The van der Waals surface area contributed by atoms with Crippen molar-refractivity contribution >= 4 is 28.8 Å². The highest BCUT2D eigenvalue weighted by atomic mass is 16.6. The molecule has 0 saturated carbocycles. The zero-order valence-corrected chi connectivity index (χ0v) is 26.0. The summed E-state index contributed by atoms with van der Waals surface area (Å²) in [6.07, 6.45) is 5.10. The van der Waals surface area contributed by atoms with Crippen LogP contribution in [0, 0.1) is 16.0 Å². The SMILES string of the molecule is NC(=O)c1c(-c2ccc(Oc3ccccc3)cc2)nn2c1Nc1ccc(CCC3CCN(c4ccc([N+](=O)[O-])cc4)CC3)cc1CC2. The molecule has 2 aliphatic rings. The first-order valence-corrected chi connectivity index (χ1v) is 16.0. The molecule has 47 heavy (non-hydrogen) atoms. The molecule has 5 aromatic rings. The molecule has 0 bridgehead atoms. The summed E-state index contributed by atoms with van der Waals surface area (Å²) in [5, 5.41) is 19.3. The molecular formula is C37H36N6O4. The van der Waals surface area contributed by atoms with Crippen LogP contribution in [0.25, 0.3) is 11.3 Å². The largest absolute Gasteiger partial charge is 0.457 e. The van der Waals surface area contributed by atoms with E-state index in [9.17, 15) is 14.9 Å². The zero-order chi connectivity index (χ0) is 32.3. The number of anilines is 3. The number of para-hydroxylation sites is 1. The van der Waals surface area contributed by atoms with Gasteiger partial charge in [-0.15, -0.1) is 0 Å². The predicted octanol–water partition coefficient (Wildman–Crippen LogP) is 7.50. The monoisotopic (exact) mass is 628 g/mol. The predicted molar refractivity (Wildman–Crippen MR) is 182 cm³/mol. The summed E-state index contributed by atoms with van der Waals surface area (Å²) in [5.74, 6) is 2.17. The number of hydrogen-bond donors (Lipinski definition) is 2. The number of aromatic nitrogens is 2. The lowest BCUT2D eigenvalue weighted by Crippen LogP contribution is -2.33. The van der Waals surface area contributed by atoms with Crippen LogP contribution >= 0.6 is 0 Å². The second-order valence-corrected chi connectivity index (χ2v) is 12.2. The number of carbonyl (C=O) groups excluding carboxylic acids is 1. The van der Waals surface area contributed by atoms with Gasteiger partial charge in [0.25, 0.3) is 11.6 Å². The number of primary amides is 1. The second-order valence-electron chi connectivity index (χ2n) is 12.2. The Hall–Kier alpha value is -5.64. The van der Waals surface area contributed by atoms with Gasteiger partial charge in [0.2, 0.25) is 0 Å². The van der Waals surface area contributed by atoms with Crippen molar-refractivity contribution in [1.29, 1.82) is 0 Å². The maximum Gasteiger partial charge on any atom is 0.269 e. The van der Waals surface area contributed by atoms with Crippen LogP contribution in [0.4, 0.5) is 22.9 Å². The molecule has 238 valence electrons. The number of piperidine rings is 1. The van der Waals surface area contributed by atoms with Crippen LogP contribution in [0.5, 0.6) is 11.5 Å². The van der Waals surface area contributed by atoms with Gasteiger partial charge in [0.1, 0.15) is 28.6 Å². The number of nitro groups is 1. The number of fused-ring (bicyclic) bond motifs is 2. The van der Waals surface area contributed by atoms with Gasteiger partial charge in [0, 0.05) is 48.7 Å². The van der Waals surface area contributed by atoms with E-state index >= 15 is 0 Å². The number of benzene rings is 4. The molecule has 1 aromatic heterocycles. The van der Waals surface area contributed by atoms with Gasteiger partial charge in [0.15, 0.2) is 0 Å². The Bertz CT molecular complexity index is 1900. The Labute approximate surface area is 272 Å². The van der Waals surface area contributed by atoms with Gasteiger partial charge >= 0.3 is 0 Å². The molecule has 0 aliphatic carbocycles. The van der Waals surface area contributed by atoms with E-state index in [1.807, 2.05) is 71.4 Å². The van der Waals surface area contributed by atoms with Crippen LogP contribution in [0.15, 0.2) is 97.1 Å². The molecule has 1 amide bonds. The van der Waals surface area contributed by atoms with Crippen LogP contribution in [0.2, 0.25) is 0 Å². The third kappa shape index (κ3) is 6.53. The normalized spacial score (nSPS) is 14.4. The van der Waals surface area contributed by atoms with Crippen LogP contribution in [0.3, 0.4) is 0 Å². The number of nitrogens with zero attached hydrogens (tertiary/aromatic N) is 4. The van der Waals surface area contributed by atoms with E-state index < -0.39 is 5.91 Å². The van der Waals surface area contributed by atoms with Gasteiger partial charge in [-0.1, -0.05) is 30.3 Å². The lowest BCUT2D eigenvalue weighted by atomic mass is 9.90. The molecule has 0 unspecified atom stereocenters. The van der Waals surface area contributed by atoms with Gasteiger partial charge in [-0.05, 0) is 104 Å². The highest BCUT2D eigenvalue weighted by Gasteiger charge is 2.26. The van der Waals surface area contributed by atoms with Crippen molar-refractivity contribution in [1.82, 2.24) is 9.78 Å². The molecule has 1 fully saturated rings. The fraction of sp³-hybridized carbons (Fsp3) is 0.243. The molecule has 1 saturated heterocycles. The van der Waals surface area contributed by atoms with Crippen LogP contribution < -0.4 is 20.7 Å². The Morgan fingerprint density at radius 1 is 0.936 bits per heavy atom. The summed E-state index contributed by atoms with van der Waals surface area (Å²) in [7, 11) is 0. The standard InChI is InChI=1S/C37H36N6O4/c38-36(44)34-35(27-9-15-32(16-10-27)47-31-4-2-1-3-5-31)40-42-23-20-28-24-26(8-17-33(28)39-37(34)42)7-6-25-18-21-41(22-19-25)29-11-13-30(14-12-29)43(45)46/h1-5,8-17,24-25,39H,6-7,18-23H2,(H2,38,44). The number of aryl methyl sites for hydroxylation is 3. The summed E-state index contributed by atoms with van der Waals surface area (Å²) in [5.41, 5.74) is 12.3. The van der Waals surface area contributed by atoms with Gasteiger partial charge in [-0.3, -0.25) is 14.9 Å². The molecule has 3 heterocycles. The number of amides is 1. The summed E-state index contributed by atoms with van der Waals surface area (Å²) in [6.45, 7) is 2.53. The zero-order valence-electron chi connectivity index (χ0n) is 26.0. The summed E-state index contributed by atoms with van der Waals surface area (Å²) in [4.78, 5) is 25.7. The number of nitro benzene ring substituents is 1. The maximum atomic E-state index is 12.8. The number of rotatable bonds is 9. The van der Waals surface area contributed by atoms with Gasteiger partial charge in [-0.2, -0.15) is 5.10 Å². The number of nitrogens with two attached hydrogens (primary N) is 1. The third-order valence-electron chi connectivity index (χ3n) is 9.20. The van der Waals surface area contributed by atoms with Gasteiger partial charge in [0.05, 0.1) is 4.92 Å². The van der Waals surface area contributed by atoms with Gasteiger partial charge < -0.3 is 20.7 Å². The van der Waals surface area contributed by atoms with E-state index in [-0.39, 0.29) is 10.6 Å². The Balaban J connectivity index is 0.996. The van der Waals surface area contributed by atoms with Crippen molar-refractivity contribution in [3.8, 4) is 22.8 Å². The lowest BCUT2D eigenvalue weighted by molar-refractivity contribution is -0.384. The van der Waals surface area contributed by atoms with Crippen LogP contribution in [-0.4, -0.2) is 33.7 Å². The Morgan fingerprint density at radius 2 is 1.66 bits per heavy atom. The number of hydrogen-bond acceptors (Lipinski definition) is 7. The minimum absolute atomic E-state index is 0.124. The molecule has 0 radical (unpaired) electrons. The molecule has 3 N–H and O–H groups in total. The summed E-state index contributed by atoms with van der Waals surface area (Å²) in [6, 6.07) is 30.5.